The molecule has 0 aliphatic carbocycles. The maximum absolute atomic E-state index is 12.4. The van der Waals surface area contributed by atoms with Gasteiger partial charge in [-0.2, -0.15) is 0 Å². The first-order chi connectivity index (χ1) is 9.72. The predicted molar refractivity (Wildman–Crippen MR) is 83.3 cm³/mol. The minimum Gasteiger partial charge on any atom is -0.398 e. The van der Waals surface area contributed by atoms with Gasteiger partial charge in [0, 0.05) is 22.3 Å². The number of halogens is 1. The number of aromatic nitrogens is 1. The lowest BCUT2D eigenvalue weighted by molar-refractivity contribution is 0.392. The molecule has 1 heterocycles. The molecule has 2 aromatic rings. The fourth-order valence-corrected chi connectivity index (χ4v) is 3.67. The lowest BCUT2D eigenvalue weighted by Gasteiger charge is -2.11. The van der Waals surface area contributed by atoms with Crippen LogP contribution >= 0.6 is 15.9 Å². The molecule has 2 rings (SSSR count). The van der Waals surface area contributed by atoms with Gasteiger partial charge in [0.2, 0.25) is 10.0 Å². The molecule has 0 saturated heterocycles. The Morgan fingerprint density at radius 2 is 2.00 bits per heavy atom. The Labute approximate surface area is 131 Å². The molecule has 8 heteroatoms. The summed E-state index contributed by atoms with van der Waals surface area (Å²) in [6, 6.07) is 3.12. The Morgan fingerprint density at radius 1 is 1.33 bits per heavy atom. The van der Waals surface area contributed by atoms with Crippen molar-refractivity contribution in [2.24, 2.45) is 0 Å². The summed E-state index contributed by atoms with van der Waals surface area (Å²) in [5, 5.41) is 3.80. The predicted octanol–water partition coefficient (Wildman–Crippen LogP) is 2.42. The average Bonchev–Trinajstić information content (AvgIpc) is 2.71. The summed E-state index contributed by atoms with van der Waals surface area (Å²) >= 11 is 3.28. The molecule has 0 radical (unpaired) electrons. The molecular formula is C13H16BrN3O3S. The SMILES string of the molecule is Cc1cc(Br)c(N)cc1S(=O)(=O)NCc1c(C)noc1C. The molecule has 0 amide bonds. The molecule has 1 aromatic heterocycles. The van der Waals surface area contributed by atoms with Gasteiger partial charge in [0.05, 0.1) is 10.6 Å². The first-order valence-corrected chi connectivity index (χ1v) is 8.47. The van der Waals surface area contributed by atoms with Gasteiger partial charge in [0.15, 0.2) is 0 Å². The summed E-state index contributed by atoms with van der Waals surface area (Å²) in [7, 11) is -3.66. The van der Waals surface area contributed by atoms with Crippen LogP contribution in [-0.4, -0.2) is 13.6 Å². The lowest BCUT2D eigenvalue weighted by atomic mass is 10.2. The van der Waals surface area contributed by atoms with Crippen LogP contribution in [0.3, 0.4) is 0 Å². The van der Waals surface area contributed by atoms with Crippen LogP contribution in [0.25, 0.3) is 0 Å². The first-order valence-electron chi connectivity index (χ1n) is 6.19. The standard InChI is InChI=1S/C13H16BrN3O3S/c1-7-4-11(14)12(15)5-13(7)21(18,19)16-6-10-8(2)17-20-9(10)3/h4-5,16H,6,15H2,1-3H3. The van der Waals surface area contributed by atoms with E-state index < -0.39 is 10.0 Å². The van der Waals surface area contributed by atoms with Crippen LogP contribution in [-0.2, 0) is 16.6 Å². The fraction of sp³-hybridized carbons (Fsp3) is 0.308. The molecule has 0 fully saturated rings. The number of hydrogen-bond acceptors (Lipinski definition) is 5. The monoisotopic (exact) mass is 373 g/mol. The van der Waals surface area contributed by atoms with E-state index in [9.17, 15) is 8.42 Å². The van der Waals surface area contributed by atoms with Crippen molar-refractivity contribution in [3.8, 4) is 0 Å². The second-order valence-corrected chi connectivity index (χ2v) is 7.36. The number of benzene rings is 1. The van der Waals surface area contributed by atoms with Gasteiger partial charge in [-0.15, -0.1) is 0 Å². The first kappa shape index (κ1) is 16.0. The van der Waals surface area contributed by atoms with Crippen molar-refractivity contribution in [3.63, 3.8) is 0 Å². The van der Waals surface area contributed by atoms with Crippen LogP contribution < -0.4 is 10.5 Å². The van der Waals surface area contributed by atoms with Gasteiger partial charge in [0.25, 0.3) is 0 Å². The normalized spacial score (nSPS) is 11.8. The molecule has 21 heavy (non-hydrogen) atoms. The molecule has 0 aliphatic rings. The van der Waals surface area contributed by atoms with E-state index >= 15 is 0 Å². The van der Waals surface area contributed by atoms with Crippen molar-refractivity contribution in [1.82, 2.24) is 9.88 Å². The zero-order chi connectivity index (χ0) is 15.8. The van der Waals surface area contributed by atoms with Crippen molar-refractivity contribution in [3.05, 3.63) is 39.2 Å². The Hall–Kier alpha value is -1.38. The minimum absolute atomic E-state index is 0.124. The quantitative estimate of drug-likeness (QED) is 0.801. The second-order valence-electron chi connectivity index (χ2n) is 4.77. The molecular weight excluding hydrogens is 358 g/mol. The van der Waals surface area contributed by atoms with Crippen molar-refractivity contribution in [2.45, 2.75) is 32.2 Å². The van der Waals surface area contributed by atoms with Crippen LogP contribution in [0, 0.1) is 20.8 Å². The van der Waals surface area contributed by atoms with E-state index in [1.54, 1.807) is 26.8 Å². The van der Waals surface area contributed by atoms with E-state index in [1.807, 2.05) is 0 Å². The number of nitrogen functional groups attached to an aromatic ring is 1. The lowest BCUT2D eigenvalue weighted by Crippen LogP contribution is -2.24. The Bertz CT molecular complexity index is 765. The summed E-state index contributed by atoms with van der Waals surface area (Å²) in [6.45, 7) is 5.35. The van der Waals surface area contributed by atoms with Crippen LogP contribution in [0.4, 0.5) is 5.69 Å². The van der Waals surface area contributed by atoms with Crippen molar-refractivity contribution < 1.29 is 12.9 Å². The summed E-state index contributed by atoms with van der Waals surface area (Å²) in [5.41, 5.74) is 8.15. The van der Waals surface area contributed by atoms with E-state index in [1.165, 1.54) is 6.07 Å². The molecule has 0 spiro atoms. The highest BCUT2D eigenvalue weighted by Crippen LogP contribution is 2.26. The maximum atomic E-state index is 12.4. The van der Waals surface area contributed by atoms with Gasteiger partial charge >= 0.3 is 0 Å². The maximum Gasteiger partial charge on any atom is 0.241 e. The molecule has 0 bridgehead atoms. The molecule has 1 aromatic carbocycles. The van der Waals surface area contributed by atoms with Crippen molar-refractivity contribution >= 4 is 31.6 Å². The third-order valence-corrected chi connectivity index (χ3v) is 5.43. The van der Waals surface area contributed by atoms with Gasteiger partial charge in [-0.25, -0.2) is 13.1 Å². The van der Waals surface area contributed by atoms with Crippen LogP contribution in [0.15, 0.2) is 26.0 Å². The Morgan fingerprint density at radius 3 is 2.57 bits per heavy atom. The molecule has 0 aliphatic heterocycles. The van der Waals surface area contributed by atoms with Gasteiger partial charge in [0.1, 0.15) is 5.76 Å². The summed E-state index contributed by atoms with van der Waals surface area (Å²) in [6.07, 6.45) is 0. The van der Waals surface area contributed by atoms with E-state index in [0.717, 1.165) is 5.56 Å². The molecule has 0 unspecified atom stereocenters. The van der Waals surface area contributed by atoms with Crippen LogP contribution in [0.5, 0.6) is 0 Å². The zero-order valence-electron chi connectivity index (χ0n) is 11.9. The van der Waals surface area contributed by atoms with Crippen LogP contribution in [0.2, 0.25) is 0 Å². The van der Waals surface area contributed by atoms with Gasteiger partial charge in [-0.05, 0) is 54.4 Å². The second kappa shape index (κ2) is 5.78. The van der Waals surface area contributed by atoms with E-state index in [0.29, 0.717) is 27.2 Å². The van der Waals surface area contributed by atoms with E-state index in [2.05, 4.69) is 25.8 Å². The summed E-state index contributed by atoms with van der Waals surface area (Å²) in [4.78, 5) is 0.162. The van der Waals surface area contributed by atoms with E-state index in [-0.39, 0.29) is 11.4 Å². The summed E-state index contributed by atoms with van der Waals surface area (Å²) < 4.78 is 33.0. The van der Waals surface area contributed by atoms with Crippen LogP contribution in [0.1, 0.15) is 22.6 Å². The highest BCUT2D eigenvalue weighted by molar-refractivity contribution is 9.10. The molecule has 6 nitrogen and oxygen atoms in total. The van der Waals surface area contributed by atoms with Crippen molar-refractivity contribution in [1.29, 1.82) is 0 Å². The number of rotatable bonds is 4. The molecule has 0 atom stereocenters. The highest BCUT2D eigenvalue weighted by Gasteiger charge is 2.20. The molecule has 114 valence electrons. The smallest absolute Gasteiger partial charge is 0.241 e. The highest BCUT2D eigenvalue weighted by atomic mass is 79.9. The average molecular weight is 374 g/mol. The number of aryl methyl sites for hydroxylation is 3. The fourth-order valence-electron chi connectivity index (χ4n) is 1.96. The number of nitrogens with zero attached hydrogens (tertiary/aromatic N) is 1. The number of anilines is 1. The minimum atomic E-state index is -3.66. The van der Waals surface area contributed by atoms with E-state index in [4.69, 9.17) is 10.3 Å². The van der Waals surface area contributed by atoms with Gasteiger partial charge in [-0.3, -0.25) is 0 Å². The Kier molecular flexibility index (Phi) is 4.40. The largest absolute Gasteiger partial charge is 0.398 e. The third-order valence-electron chi connectivity index (χ3n) is 3.20. The number of nitrogens with two attached hydrogens (primary N) is 1. The zero-order valence-corrected chi connectivity index (χ0v) is 14.3. The summed E-state index contributed by atoms with van der Waals surface area (Å²) in [5.74, 6) is 0.599. The van der Waals surface area contributed by atoms with Gasteiger partial charge < -0.3 is 10.3 Å². The number of sulfonamides is 1. The Balaban J connectivity index is 2.29. The van der Waals surface area contributed by atoms with Gasteiger partial charge in [-0.1, -0.05) is 5.16 Å². The third kappa shape index (κ3) is 3.28. The number of nitrogens with one attached hydrogen (secondary N) is 1. The molecule has 3 N–H and O–H groups in total. The molecule has 0 saturated carbocycles. The van der Waals surface area contributed by atoms with Crippen molar-refractivity contribution in [2.75, 3.05) is 5.73 Å². The topological polar surface area (TPSA) is 98.2 Å². The number of hydrogen-bond donors (Lipinski definition) is 2.